The molecular formula is C13H18N4O2S. The van der Waals surface area contributed by atoms with Gasteiger partial charge in [-0.1, -0.05) is 18.3 Å². The van der Waals surface area contributed by atoms with E-state index < -0.39 is 0 Å². The molecule has 0 aliphatic carbocycles. The molecule has 0 saturated carbocycles. The topological polar surface area (TPSA) is 69.9 Å². The van der Waals surface area contributed by atoms with E-state index in [0.29, 0.717) is 16.3 Å². The van der Waals surface area contributed by atoms with Gasteiger partial charge in [-0.05, 0) is 31.3 Å². The van der Waals surface area contributed by atoms with E-state index in [1.54, 1.807) is 10.9 Å². The van der Waals surface area contributed by atoms with E-state index in [0.717, 1.165) is 17.2 Å². The van der Waals surface area contributed by atoms with Crippen molar-refractivity contribution >= 4 is 17.3 Å². The van der Waals surface area contributed by atoms with Crippen LogP contribution in [0.3, 0.4) is 0 Å². The standard InChI is InChI=1S/C13H18N4O2S/c1-7(2)10-13(20-16-15-10)12(18)11-9(19-5)6-14-17(11)8(3)4/h6-8H,1-5H3. The van der Waals surface area contributed by atoms with Crippen molar-refractivity contribution in [2.24, 2.45) is 0 Å². The predicted octanol–water partition coefficient (Wildman–Crippen LogP) is 2.68. The summed E-state index contributed by atoms with van der Waals surface area (Å²) < 4.78 is 10.8. The maximum Gasteiger partial charge on any atom is 0.228 e. The van der Waals surface area contributed by atoms with Crippen LogP contribution in [0, 0.1) is 0 Å². The molecule has 0 bridgehead atoms. The van der Waals surface area contributed by atoms with E-state index in [4.69, 9.17) is 4.74 Å². The van der Waals surface area contributed by atoms with E-state index >= 15 is 0 Å². The van der Waals surface area contributed by atoms with E-state index in [2.05, 4.69) is 14.7 Å². The van der Waals surface area contributed by atoms with Crippen LogP contribution in [0.5, 0.6) is 5.75 Å². The Balaban J connectivity index is 2.53. The highest BCUT2D eigenvalue weighted by Crippen LogP contribution is 2.28. The summed E-state index contributed by atoms with van der Waals surface area (Å²) in [6, 6.07) is 0.0706. The van der Waals surface area contributed by atoms with Crippen molar-refractivity contribution in [2.75, 3.05) is 7.11 Å². The monoisotopic (exact) mass is 294 g/mol. The molecule has 6 nitrogen and oxygen atoms in total. The molecule has 0 aliphatic heterocycles. The third-order valence-electron chi connectivity index (χ3n) is 2.95. The third kappa shape index (κ3) is 2.45. The first-order chi connectivity index (χ1) is 9.47. The number of rotatable bonds is 5. The zero-order valence-corrected chi connectivity index (χ0v) is 13.1. The highest BCUT2D eigenvalue weighted by atomic mass is 32.1. The van der Waals surface area contributed by atoms with E-state index in [1.165, 1.54) is 7.11 Å². The molecule has 0 saturated heterocycles. The fourth-order valence-electron chi connectivity index (χ4n) is 1.94. The number of nitrogens with zero attached hydrogens (tertiary/aromatic N) is 4. The number of carbonyl (C=O) groups is 1. The zero-order valence-electron chi connectivity index (χ0n) is 12.2. The summed E-state index contributed by atoms with van der Waals surface area (Å²) in [5.41, 5.74) is 1.18. The third-order valence-corrected chi connectivity index (χ3v) is 3.69. The molecule has 0 atom stereocenters. The molecule has 7 heteroatoms. The number of carbonyl (C=O) groups excluding carboxylic acids is 1. The van der Waals surface area contributed by atoms with E-state index in [1.807, 2.05) is 27.7 Å². The summed E-state index contributed by atoms with van der Waals surface area (Å²) in [5, 5.41) is 8.28. The highest BCUT2D eigenvalue weighted by Gasteiger charge is 2.27. The first-order valence-corrected chi connectivity index (χ1v) is 7.23. The fraction of sp³-hybridized carbons (Fsp3) is 0.538. The summed E-state index contributed by atoms with van der Waals surface area (Å²) in [6.45, 7) is 7.92. The normalized spacial score (nSPS) is 11.3. The molecule has 2 aromatic heterocycles. The summed E-state index contributed by atoms with van der Waals surface area (Å²) >= 11 is 1.12. The zero-order chi connectivity index (χ0) is 14.9. The maximum absolute atomic E-state index is 12.8. The van der Waals surface area contributed by atoms with Gasteiger partial charge in [-0.3, -0.25) is 9.48 Å². The number of methoxy groups -OCH3 is 1. The van der Waals surface area contributed by atoms with Gasteiger partial charge in [0, 0.05) is 6.04 Å². The summed E-state index contributed by atoms with van der Waals surface area (Å²) in [4.78, 5) is 13.3. The minimum Gasteiger partial charge on any atom is -0.493 e. The number of ketones is 1. The Labute approximate surface area is 121 Å². The molecule has 2 aromatic rings. The molecule has 2 heterocycles. The van der Waals surface area contributed by atoms with Crippen LogP contribution >= 0.6 is 11.5 Å². The molecule has 0 fully saturated rings. The van der Waals surface area contributed by atoms with Gasteiger partial charge < -0.3 is 4.74 Å². The predicted molar refractivity (Wildman–Crippen MR) is 76.6 cm³/mol. The average Bonchev–Trinajstić information content (AvgIpc) is 3.04. The Morgan fingerprint density at radius 2 is 2.05 bits per heavy atom. The lowest BCUT2D eigenvalue weighted by molar-refractivity contribution is 0.102. The summed E-state index contributed by atoms with van der Waals surface area (Å²) in [6.07, 6.45) is 1.57. The van der Waals surface area contributed by atoms with Gasteiger partial charge in [-0.15, -0.1) is 5.10 Å². The van der Waals surface area contributed by atoms with Gasteiger partial charge in [0.05, 0.1) is 19.0 Å². The molecule has 0 N–H and O–H groups in total. The van der Waals surface area contributed by atoms with Crippen molar-refractivity contribution in [3.8, 4) is 5.75 Å². The molecular weight excluding hydrogens is 276 g/mol. The Morgan fingerprint density at radius 3 is 2.60 bits per heavy atom. The van der Waals surface area contributed by atoms with Gasteiger partial charge in [-0.25, -0.2) is 0 Å². The molecule has 0 unspecified atom stereocenters. The quantitative estimate of drug-likeness (QED) is 0.793. The molecule has 0 aromatic carbocycles. The smallest absolute Gasteiger partial charge is 0.228 e. The summed E-state index contributed by atoms with van der Waals surface area (Å²) in [7, 11) is 1.53. The highest BCUT2D eigenvalue weighted by molar-refractivity contribution is 7.08. The molecule has 2 rings (SSSR count). The minimum atomic E-state index is -0.133. The first-order valence-electron chi connectivity index (χ1n) is 6.45. The van der Waals surface area contributed by atoms with Crippen molar-refractivity contribution in [1.29, 1.82) is 0 Å². The van der Waals surface area contributed by atoms with Crippen LogP contribution < -0.4 is 4.74 Å². The number of hydrogen-bond donors (Lipinski definition) is 0. The van der Waals surface area contributed by atoms with Crippen molar-refractivity contribution in [1.82, 2.24) is 19.4 Å². The Bertz CT molecular complexity index is 616. The Kier molecular flexibility index (Phi) is 4.17. The van der Waals surface area contributed by atoms with Gasteiger partial charge >= 0.3 is 0 Å². The molecule has 20 heavy (non-hydrogen) atoms. The lowest BCUT2D eigenvalue weighted by Crippen LogP contribution is -2.15. The van der Waals surface area contributed by atoms with E-state index in [-0.39, 0.29) is 17.7 Å². The van der Waals surface area contributed by atoms with E-state index in [9.17, 15) is 4.79 Å². The number of ether oxygens (including phenoxy) is 1. The van der Waals surface area contributed by atoms with Crippen LogP contribution in [0.25, 0.3) is 0 Å². The molecule has 0 amide bonds. The second kappa shape index (κ2) is 5.70. The van der Waals surface area contributed by atoms with Gasteiger partial charge in [0.25, 0.3) is 0 Å². The minimum absolute atomic E-state index is 0.0706. The van der Waals surface area contributed by atoms with Gasteiger partial charge in [0.15, 0.2) is 11.4 Å². The van der Waals surface area contributed by atoms with Crippen LogP contribution in [0.15, 0.2) is 6.20 Å². The lowest BCUT2D eigenvalue weighted by atomic mass is 10.1. The number of hydrogen-bond acceptors (Lipinski definition) is 6. The second-order valence-electron chi connectivity index (χ2n) is 5.07. The largest absolute Gasteiger partial charge is 0.493 e. The van der Waals surface area contributed by atoms with Crippen molar-refractivity contribution in [2.45, 2.75) is 39.7 Å². The Hall–Kier alpha value is -1.76. The van der Waals surface area contributed by atoms with Crippen LogP contribution in [0.2, 0.25) is 0 Å². The van der Waals surface area contributed by atoms with Crippen molar-refractivity contribution in [3.05, 3.63) is 22.5 Å². The van der Waals surface area contributed by atoms with Gasteiger partial charge in [0.1, 0.15) is 4.88 Å². The van der Waals surface area contributed by atoms with Crippen molar-refractivity contribution < 1.29 is 9.53 Å². The second-order valence-corrected chi connectivity index (χ2v) is 5.83. The molecule has 0 radical (unpaired) electrons. The van der Waals surface area contributed by atoms with Crippen LogP contribution in [0.4, 0.5) is 0 Å². The molecule has 0 spiro atoms. The van der Waals surface area contributed by atoms with Gasteiger partial charge in [0.2, 0.25) is 5.78 Å². The summed E-state index contributed by atoms with van der Waals surface area (Å²) in [5.74, 6) is 0.493. The van der Waals surface area contributed by atoms with Crippen molar-refractivity contribution in [3.63, 3.8) is 0 Å². The molecule has 108 valence electrons. The first kappa shape index (κ1) is 14.6. The van der Waals surface area contributed by atoms with Gasteiger partial charge in [-0.2, -0.15) is 5.10 Å². The maximum atomic E-state index is 12.8. The fourth-order valence-corrected chi connectivity index (χ4v) is 2.70. The SMILES string of the molecule is COc1cnn(C(C)C)c1C(=O)c1snnc1C(C)C. The average molecular weight is 294 g/mol. The van der Waals surface area contributed by atoms with Crippen LogP contribution in [0.1, 0.15) is 60.7 Å². The number of aromatic nitrogens is 4. The van der Waals surface area contributed by atoms with Crippen LogP contribution in [-0.2, 0) is 0 Å². The Morgan fingerprint density at radius 1 is 1.35 bits per heavy atom. The molecule has 0 aliphatic rings. The van der Waals surface area contributed by atoms with Crippen LogP contribution in [-0.4, -0.2) is 32.3 Å². The lowest BCUT2D eigenvalue weighted by Gasteiger charge is -2.11.